The predicted molar refractivity (Wildman–Crippen MR) is 108 cm³/mol. The van der Waals surface area contributed by atoms with Gasteiger partial charge >= 0.3 is 0 Å². The number of anilines is 1. The molecule has 2 aromatic carbocycles. The number of nitrogens with zero attached hydrogens (tertiary/aromatic N) is 5. The zero-order valence-corrected chi connectivity index (χ0v) is 16.8. The molecule has 6 nitrogen and oxygen atoms in total. The van der Waals surface area contributed by atoms with E-state index < -0.39 is 0 Å². The average Bonchev–Trinajstić information content (AvgIpc) is 3.11. The van der Waals surface area contributed by atoms with Gasteiger partial charge in [-0.3, -0.25) is 4.79 Å². The van der Waals surface area contributed by atoms with E-state index in [2.05, 4.69) is 28.5 Å². The van der Waals surface area contributed by atoms with Crippen LogP contribution in [0.1, 0.15) is 25.0 Å². The van der Waals surface area contributed by atoms with Crippen LogP contribution in [0.25, 0.3) is 5.69 Å². The molecule has 0 N–H and O–H groups in total. The first-order valence-electron chi connectivity index (χ1n) is 8.84. The molecule has 3 rings (SSSR count). The number of rotatable bonds is 6. The highest BCUT2D eigenvalue weighted by Gasteiger charge is 2.21. The molecule has 0 fully saturated rings. The Morgan fingerprint density at radius 3 is 2.56 bits per heavy atom. The van der Waals surface area contributed by atoms with Gasteiger partial charge in [0.1, 0.15) is 0 Å². The Hall–Kier alpha value is -2.67. The molecule has 27 heavy (non-hydrogen) atoms. The van der Waals surface area contributed by atoms with Crippen molar-refractivity contribution in [2.24, 2.45) is 0 Å². The number of hydrogen-bond acceptors (Lipinski definition) is 5. The van der Waals surface area contributed by atoms with Crippen molar-refractivity contribution in [1.29, 1.82) is 0 Å². The van der Waals surface area contributed by atoms with Crippen molar-refractivity contribution >= 4 is 23.4 Å². The maximum atomic E-state index is 12.9. The first kappa shape index (κ1) is 19.1. The van der Waals surface area contributed by atoms with Gasteiger partial charge in [0.05, 0.1) is 11.4 Å². The van der Waals surface area contributed by atoms with E-state index in [1.165, 1.54) is 17.3 Å². The number of thioether (sulfide) groups is 1. The largest absolute Gasteiger partial charge is 0.309 e. The lowest BCUT2D eigenvalue weighted by Gasteiger charge is -2.26. The molecule has 0 bridgehead atoms. The van der Waals surface area contributed by atoms with Crippen molar-refractivity contribution in [3.8, 4) is 5.69 Å². The van der Waals surface area contributed by atoms with Crippen molar-refractivity contribution in [1.82, 2.24) is 20.2 Å². The SMILES string of the molecule is Cc1cccc(-n2nnnc2SCC(=O)N(c2ccccc2)C(C)C)c1C. The number of hydrogen-bond donors (Lipinski definition) is 0. The summed E-state index contributed by atoms with van der Waals surface area (Å²) in [6, 6.07) is 15.8. The molecule has 140 valence electrons. The molecule has 0 saturated carbocycles. The van der Waals surface area contributed by atoms with Gasteiger partial charge in [0.2, 0.25) is 11.1 Å². The highest BCUT2D eigenvalue weighted by Crippen LogP contribution is 2.24. The van der Waals surface area contributed by atoms with Crippen LogP contribution in [0.2, 0.25) is 0 Å². The molecule has 7 heteroatoms. The van der Waals surface area contributed by atoms with Gasteiger partial charge in [-0.05, 0) is 67.4 Å². The Kier molecular flexibility index (Phi) is 5.91. The monoisotopic (exact) mass is 381 g/mol. The minimum atomic E-state index is 0.0247. The summed E-state index contributed by atoms with van der Waals surface area (Å²) in [5.41, 5.74) is 4.11. The molecule has 0 aliphatic rings. The number of benzene rings is 2. The summed E-state index contributed by atoms with van der Waals surface area (Å²) in [7, 11) is 0. The highest BCUT2D eigenvalue weighted by atomic mass is 32.2. The second-order valence-electron chi connectivity index (χ2n) is 6.57. The fourth-order valence-corrected chi connectivity index (χ4v) is 3.64. The maximum Gasteiger partial charge on any atom is 0.237 e. The van der Waals surface area contributed by atoms with E-state index in [9.17, 15) is 4.79 Å². The quantitative estimate of drug-likeness (QED) is 0.608. The topological polar surface area (TPSA) is 63.9 Å². The van der Waals surface area contributed by atoms with Crippen molar-refractivity contribution in [2.45, 2.75) is 38.9 Å². The minimum Gasteiger partial charge on any atom is -0.309 e. The van der Waals surface area contributed by atoms with Crippen LogP contribution in [0.4, 0.5) is 5.69 Å². The van der Waals surface area contributed by atoms with E-state index >= 15 is 0 Å². The fourth-order valence-electron chi connectivity index (χ4n) is 2.90. The maximum absolute atomic E-state index is 12.9. The average molecular weight is 382 g/mol. The Morgan fingerprint density at radius 2 is 1.85 bits per heavy atom. The second-order valence-corrected chi connectivity index (χ2v) is 7.52. The van der Waals surface area contributed by atoms with E-state index in [-0.39, 0.29) is 17.7 Å². The lowest BCUT2D eigenvalue weighted by Crippen LogP contribution is -2.38. The third-order valence-electron chi connectivity index (χ3n) is 4.39. The normalized spacial score (nSPS) is 11.0. The number of tetrazole rings is 1. The Labute approximate surface area is 163 Å². The van der Waals surface area contributed by atoms with Gasteiger partial charge in [0.25, 0.3) is 0 Å². The molecule has 1 heterocycles. The van der Waals surface area contributed by atoms with Crippen molar-refractivity contribution in [3.63, 3.8) is 0 Å². The van der Waals surface area contributed by atoms with Crippen LogP contribution in [-0.4, -0.2) is 37.9 Å². The molecule has 0 radical (unpaired) electrons. The summed E-state index contributed by atoms with van der Waals surface area (Å²) < 4.78 is 1.70. The third kappa shape index (κ3) is 4.19. The van der Waals surface area contributed by atoms with E-state index in [0.29, 0.717) is 5.16 Å². The minimum absolute atomic E-state index is 0.0247. The summed E-state index contributed by atoms with van der Waals surface area (Å²) in [6.07, 6.45) is 0. The van der Waals surface area contributed by atoms with Crippen LogP contribution in [0, 0.1) is 13.8 Å². The van der Waals surface area contributed by atoms with Crippen LogP contribution < -0.4 is 4.90 Å². The number of carbonyl (C=O) groups excluding carboxylic acids is 1. The number of amides is 1. The zero-order valence-electron chi connectivity index (χ0n) is 16.0. The van der Waals surface area contributed by atoms with Crippen molar-refractivity contribution < 1.29 is 4.79 Å². The van der Waals surface area contributed by atoms with Gasteiger partial charge in [-0.15, -0.1) is 5.10 Å². The first-order valence-corrected chi connectivity index (χ1v) is 9.82. The van der Waals surface area contributed by atoms with Crippen LogP contribution in [0.5, 0.6) is 0 Å². The molecule has 1 aromatic heterocycles. The number of aryl methyl sites for hydroxylation is 1. The predicted octanol–water partition coefficient (Wildman–Crippen LogP) is 3.81. The van der Waals surface area contributed by atoms with Gasteiger partial charge in [-0.1, -0.05) is 42.1 Å². The van der Waals surface area contributed by atoms with Gasteiger partial charge in [0, 0.05) is 11.7 Å². The second kappa shape index (κ2) is 8.35. The van der Waals surface area contributed by atoms with E-state index in [0.717, 1.165) is 16.9 Å². The molecule has 0 aliphatic heterocycles. The number of aromatic nitrogens is 4. The molecule has 1 amide bonds. The van der Waals surface area contributed by atoms with E-state index in [1.807, 2.05) is 63.2 Å². The Bertz CT molecular complexity index is 923. The van der Waals surface area contributed by atoms with Crippen molar-refractivity contribution in [3.05, 3.63) is 59.7 Å². The summed E-state index contributed by atoms with van der Waals surface area (Å²) in [6.45, 7) is 8.12. The highest BCUT2D eigenvalue weighted by molar-refractivity contribution is 7.99. The van der Waals surface area contributed by atoms with Crippen molar-refractivity contribution in [2.75, 3.05) is 10.7 Å². The third-order valence-corrected chi connectivity index (χ3v) is 5.29. The summed E-state index contributed by atoms with van der Waals surface area (Å²) in [5.74, 6) is 0.287. The smallest absolute Gasteiger partial charge is 0.237 e. The Balaban J connectivity index is 1.78. The van der Waals surface area contributed by atoms with Gasteiger partial charge in [-0.25, -0.2) is 0 Å². The van der Waals surface area contributed by atoms with Gasteiger partial charge in [-0.2, -0.15) is 4.68 Å². The van der Waals surface area contributed by atoms with E-state index in [1.54, 1.807) is 9.58 Å². The van der Waals surface area contributed by atoms with Crippen LogP contribution in [-0.2, 0) is 4.79 Å². The fraction of sp³-hybridized carbons (Fsp3) is 0.300. The molecule has 0 spiro atoms. The number of para-hydroxylation sites is 1. The van der Waals surface area contributed by atoms with Gasteiger partial charge < -0.3 is 4.90 Å². The molecule has 3 aromatic rings. The summed E-state index contributed by atoms with van der Waals surface area (Å²) in [4.78, 5) is 14.7. The van der Waals surface area contributed by atoms with Crippen LogP contribution in [0.3, 0.4) is 0 Å². The van der Waals surface area contributed by atoms with Crippen LogP contribution in [0.15, 0.2) is 53.7 Å². The Morgan fingerprint density at radius 1 is 1.11 bits per heavy atom. The first-order chi connectivity index (χ1) is 13.0. The standard InChI is InChI=1S/C20H23N5OS/c1-14(2)24(17-10-6-5-7-11-17)19(26)13-27-20-21-22-23-25(20)18-12-8-9-15(3)16(18)4/h5-12,14H,13H2,1-4H3. The number of carbonyl (C=O) groups is 1. The van der Waals surface area contributed by atoms with Crippen LogP contribution >= 0.6 is 11.8 Å². The van der Waals surface area contributed by atoms with Gasteiger partial charge in [0.15, 0.2) is 0 Å². The lowest BCUT2D eigenvalue weighted by atomic mass is 10.1. The molecule has 0 saturated heterocycles. The molecular formula is C20H23N5OS. The molecule has 0 atom stereocenters. The molecule has 0 unspecified atom stereocenters. The van der Waals surface area contributed by atoms with E-state index in [4.69, 9.17) is 0 Å². The summed E-state index contributed by atoms with van der Waals surface area (Å²) in [5, 5.41) is 12.6. The lowest BCUT2D eigenvalue weighted by molar-refractivity contribution is -0.116. The zero-order chi connectivity index (χ0) is 19.4. The molecule has 0 aliphatic carbocycles. The summed E-state index contributed by atoms with van der Waals surface area (Å²) >= 11 is 1.35. The molecular weight excluding hydrogens is 358 g/mol.